The van der Waals surface area contributed by atoms with E-state index in [1.54, 1.807) is 19.2 Å². The number of rotatable bonds is 6. The van der Waals surface area contributed by atoms with Crippen LogP contribution in [0, 0.1) is 0 Å². The molecule has 1 aromatic heterocycles. The third kappa shape index (κ3) is 2.54. The van der Waals surface area contributed by atoms with Crippen molar-refractivity contribution in [1.82, 2.24) is 9.55 Å². The molecule has 1 heterocycles. The van der Waals surface area contributed by atoms with Crippen molar-refractivity contribution in [3.63, 3.8) is 0 Å². The second-order valence-electron chi connectivity index (χ2n) is 4.93. The quantitative estimate of drug-likeness (QED) is 0.881. The van der Waals surface area contributed by atoms with Crippen molar-refractivity contribution in [3.05, 3.63) is 29.6 Å². The molecule has 0 aliphatic rings. The van der Waals surface area contributed by atoms with E-state index in [0.717, 1.165) is 24.2 Å². The predicted molar refractivity (Wildman–Crippen MR) is 77.3 cm³/mol. The molecule has 0 aliphatic carbocycles. The number of methoxy groups -OCH3 is 1. The smallest absolute Gasteiger partial charge is 0.337 e. The molecule has 0 saturated carbocycles. The highest BCUT2D eigenvalue weighted by molar-refractivity contribution is 6.01. The van der Waals surface area contributed by atoms with Crippen LogP contribution in [0.2, 0.25) is 0 Å². The molecule has 1 unspecified atom stereocenters. The van der Waals surface area contributed by atoms with Crippen LogP contribution in [-0.4, -0.2) is 34.3 Å². The Balaban J connectivity index is 2.66. The fraction of sp³-hybridized carbons (Fsp3) is 0.467. The first-order valence-corrected chi connectivity index (χ1v) is 6.82. The molecule has 0 aliphatic heterocycles. The zero-order chi connectivity index (χ0) is 14.7. The number of para-hydroxylation sites is 1. The van der Waals surface area contributed by atoms with Gasteiger partial charge in [0, 0.05) is 13.5 Å². The van der Waals surface area contributed by atoms with Crippen molar-refractivity contribution in [3.8, 4) is 0 Å². The lowest BCUT2D eigenvalue weighted by atomic mass is 10.2. The van der Waals surface area contributed by atoms with Gasteiger partial charge in [-0.05, 0) is 25.5 Å². The van der Waals surface area contributed by atoms with Crippen LogP contribution in [0.1, 0.15) is 42.5 Å². The van der Waals surface area contributed by atoms with Gasteiger partial charge in [-0.1, -0.05) is 13.0 Å². The standard InChI is InChI=1S/C15H20N2O3/c1-4-6-13-16-14-11(15(18)19)7-5-8-12(14)17(13)10(2)9-20-3/h5,7-8,10H,4,6,9H2,1-3H3,(H,18,19). The number of aromatic carboxylic acids is 1. The topological polar surface area (TPSA) is 64.3 Å². The Morgan fingerprint density at radius 2 is 2.25 bits per heavy atom. The van der Waals surface area contributed by atoms with Gasteiger partial charge < -0.3 is 14.4 Å². The highest BCUT2D eigenvalue weighted by Gasteiger charge is 2.19. The summed E-state index contributed by atoms with van der Waals surface area (Å²) in [4.78, 5) is 15.9. The van der Waals surface area contributed by atoms with Crippen molar-refractivity contribution in [1.29, 1.82) is 0 Å². The normalized spacial score (nSPS) is 12.8. The molecule has 2 rings (SSSR count). The molecule has 1 N–H and O–H groups in total. The van der Waals surface area contributed by atoms with Gasteiger partial charge in [-0.15, -0.1) is 0 Å². The van der Waals surface area contributed by atoms with E-state index >= 15 is 0 Å². The van der Waals surface area contributed by atoms with E-state index in [0.29, 0.717) is 12.1 Å². The van der Waals surface area contributed by atoms with E-state index in [2.05, 4.69) is 23.4 Å². The minimum Gasteiger partial charge on any atom is -0.478 e. The van der Waals surface area contributed by atoms with E-state index in [1.165, 1.54) is 0 Å². The molecule has 1 atom stereocenters. The lowest BCUT2D eigenvalue weighted by molar-refractivity contribution is 0.0699. The first-order chi connectivity index (χ1) is 9.60. The predicted octanol–water partition coefficient (Wildman–Crippen LogP) is 2.89. The van der Waals surface area contributed by atoms with Crippen molar-refractivity contribution in [2.45, 2.75) is 32.7 Å². The average Bonchev–Trinajstić information content (AvgIpc) is 2.76. The molecule has 5 heteroatoms. The molecule has 1 aromatic carbocycles. The molecule has 0 radical (unpaired) electrons. The number of hydrogen-bond donors (Lipinski definition) is 1. The molecule has 20 heavy (non-hydrogen) atoms. The molecule has 0 amide bonds. The number of imidazole rings is 1. The van der Waals surface area contributed by atoms with Gasteiger partial charge in [-0.25, -0.2) is 9.78 Å². The molecule has 5 nitrogen and oxygen atoms in total. The van der Waals surface area contributed by atoms with E-state index in [1.807, 2.05) is 6.07 Å². The van der Waals surface area contributed by atoms with E-state index in [9.17, 15) is 9.90 Å². The van der Waals surface area contributed by atoms with Gasteiger partial charge in [0.1, 0.15) is 11.3 Å². The largest absolute Gasteiger partial charge is 0.478 e. The highest BCUT2D eigenvalue weighted by Crippen LogP contribution is 2.25. The van der Waals surface area contributed by atoms with Crippen LogP contribution in [-0.2, 0) is 11.2 Å². The summed E-state index contributed by atoms with van der Waals surface area (Å²) < 4.78 is 7.31. The number of carboxylic acids is 1. The number of fused-ring (bicyclic) bond motifs is 1. The number of carboxylic acid groups (broad SMARTS) is 1. The number of aromatic nitrogens is 2. The minimum atomic E-state index is -0.942. The van der Waals surface area contributed by atoms with Crippen LogP contribution in [0.15, 0.2) is 18.2 Å². The van der Waals surface area contributed by atoms with Gasteiger partial charge >= 0.3 is 5.97 Å². The number of nitrogens with zero attached hydrogens (tertiary/aromatic N) is 2. The monoisotopic (exact) mass is 276 g/mol. The SMILES string of the molecule is CCCc1nc2c(C(=O)O)cccc2n1C(C)COC. The van der Waals surface area contributed by atoms with Crippen molar-refractivity contribution in [2.24, 2.45) is 0 Å². The lowest BCUT2D eigenvalue weighted by Crippen LogP contribution is -2.14. The van der Waals surface area contributed by atoms with E-state index in [-0.39, 0.29) is 11.6 Å². The summed E-state index contributed by atoms with van der Waals surface area (Å²) >= 11 is 0. The average molecular weight is 276 g/mol. The maximum absolute atomic E-state index is 11.3. The van der Waals surface area contributed by atoms with Crippen LogP contribution in [0.3, 0.4) is 0 Å². The van der Waals surface area contributed by atoms with Gasteiger partial charge in [0.05, 0.1) is 23.7 Å². The molecule has 0 fully saturated rings. The van der Waals surface area contributed by atoms with Crippen molar-refractivity contribution in [2.75, 3.05) is 13.7 Å². The van der Waals surface area contributed by atoms with Crippen molar-refractivity contribution < 1.29 is 14.6 Å². The number of ether oxygens (including phenoxy) is 1. The second-order valence-corrected chi connectivity index (χ2v) is 4.93. The fourth-order valence-corrected chi connectivity index (χ4v) is 2.55. The first-order valence-electron chi connectivity index (χ1n) is 6.82. The summed E-state index contributed by atoms with van der Waals surface area (Å²) in [5.41, 5.74) is 1.67. The third-order valence-electron chi connectivity index (χ3n) is 3.35. The Kier molecular flexibility index (Phi) is 4.39. The van der Waals surface area contributed by atoms with Crippen LogP contribution in [0.25, 0.3) is 11.0 Å². The molecular weight excluding hydrogens is 256 g/mol. The zero-order valence-corrected chi connectivity index (χ0v) is 12.1. The van der Waals surface area contributed by atoms with E-state index in [4.69, 9.17) is 4.74 Å². The summed E-state index contributed by atoms with van der Waals surface area (Å²) in [5.74, 6) is -0.0246. The van der Waals surface area contributed by atoms with Crippen LogP contribution in [0.4, 0.5) is 0 Å². The van der Waals surface area contributed by atoms with Gasteiger partial charge in [0.25, 0.3) is 0 Å². The van der Waals surface area contributed by atoms with Crippen molar-refractivity contribution >= 4 is 17.0 Å². The summed E-state index contributed by atoms with van der Waals surface area (Å²) in [6.07, 6.45) is 1.78. The van der Waals surface area contributed by atoms with Gasteiger partial charge in [-0.3, -0.25) is 0 Å². The number of benzene rings is 1. The van der Waals surface area contributed by atoms with Gasteiger partial charge in [0.15, 0.2) is 0 Å². The Morgan fingerprint density at radius 3 is 2.85 bits per heavy atom. The maximum atomic E-state index is 11.3. The molecule has 0 saturated heterocycles. The summed E-state index contributed by atoms with van der Waals surface area (Å²) in [6.45, 7) is 4.71. The first kappa shape index (κ1) is 14.5. The summed E-state index contributed by atoms with van der Waals surface area (Å²) in [6, 6.07) is 5.40. The fourth-order valence-electron chi connectivity index (χ4n) is 2.55. The minimum absolute atomic E-state index is 0.121. The Morgan fingerprint density at radius 1 is 1.50 bits per heavy atom. The Hall–Kier alpha value is -1.88. The molecule has 0 spiro atoms. The van der Waals surface area contributed by atoms with Gasteiger partial charge in [-0.2, -0.15) is 0 Å². The zero-order valence-electron chi connectivity index (χ0n) is 12.1. The Bertz CT molecular complexity index is 619. The van der Waals surface area contributed by atoms with Gasteiger partial charge in [0.2, 0.25) is 0 Å². The van der Waals surface area contributed by atoms with Crippen LogP contribution in [0.5, 0.6) is 0 Å². The van der Waals surface area contributed by atoms with Crippen LogP contribution >= 0.6 is 0 Å². The Labute approximate surface area is 118 Å². The van der Waals surface area contributed by atoms with Crippen LogP contribution < -0.4 is 0 Å². The second kappa shape index (κ2) is 6.05. The lowest BCUT2D eigenvalue weighted by Gasteiger charge is -2.16. The number of carbonyl (C=O) groups is 1. The molecule has 108 valence electrons. The highest BCUT2D eigenvalue weighted by atomic mass is 16.5. The number of aryl methyl sites for hydroxylation is 1. The molecular formula is C15H20N2O3. The summed E-state index contributed by atoms with van der Waals surface area (Å²) in [7, 11) is 1.66. The number of hydrogen-bond acceptors (Lipinski definition) is 3. The summed E-state index contributed by atoms with van der Waals surface area (Å²) in [5, 5.41) is 9.28. The maximum Gasteiger partial charge on any atom is 0.337 e. The van der Waals surface area contributed by atoms with E-state index < -0.39 is 5.97 Å². The molecule has 0 bridgehead atoms. The third-order valence-corrected chi connectivity index (χ3v) is 3.35. The molecule has 2 aromatic rings.